The lowest BCUT2D eigenvalue weighted by Crippen LogP contribution is -2.37. The quantitative estimate of drug-likeness (QED) is 0.905. The number of nitrogens with zero attached hydrogens (tertiary/aromatic N) is 2. The maximum atomic E-state index is 12.2. The van der Waals surface area contributed by atoms with E-state index in [1.54, 1.807) is 6.20 Å². The largest absolute Gasteiger partial charge is 0.370 e. The Hall–Kier alpha value is -1.23. The smallest absolute Gasteiger partial charge is 0.255 e. The second-order valence-electron chi connectivity index (χ2n) is 4.26. The number of hydrogen-bond donors (Lipinski definition) is 1. The molecule has 1 aliphatic heterocycles. The predicted molar refractivity (Wildman–Crippen MR) is 76.2 cm³/mol. The lowest BCUT2D eigenvalue weighted by Gasteiger charge is -2.26. The first kappa shape index (κ1) is 13.2. The van der Waals surface area contributed by atoms with Gasteiger partial charge in [0.15, 0.2) is 0 Å². The van der Waals surface area contributed by atoms with Crippen LogP contribution in [0.1, 0.15) is 23.7 Å². The Morgan fingerprint density at radius 3 is 2.83 bits per heavy atom. The number of rotatable bonds is 4. The average Bonchev–Trinajstić information content (AvgIpc) is 2.46. The van der Waals surface area contributed by atoms with E-state index in [4.69, 9.17) is 0 Å². The number of pyridine rings is 1. The molecule has 5 heteroatoms. The molecule has 2 heterocycles. The summed E-state index contributed by atoms with van der Waals surface area (Å²) in [5, 5.41) is 3.20. The zero-order valence-corrected chi connectivity index (χ0v) is 11.5. The predicted octanol–water partition coefficient (Wildman–Crippen LogP) is 2.09. The summed E-state index contributed by atoms with van der Waals surface area (Å²) in [6, 6.07) is 3.73. The molecule has 0 aromatic carbocycles. The first-order chi connectivity index (χ1) is 8.81. The lowest BCUT2D eigenvalue weighted by atomic mass is 10.2. The minimum absolute atomic E-state index is 0.102. The van der Waals surface area contributed by atoms with Crippen LogP contribution in [0.15, 0.2) is 18.3 Å². The highest BCUT2D eigenvalue weighted by molar-refractivity contribution is 7.99. The third-order valence-electron chi connectivity index (χ3n) is 2.86. The highest BCUT2D eigenvalue weighted by atomic mass is 32.2. The zero-order chi connectivity index (χ0) is 12.8. The third kappa shape index (κ3) is 3.38. The van der Waals surface area contributed by atoms with Gasteiger partial charge in [-0.05, 0) is 18.6 Å². The van der Waals surface area contributed by atoms with Crippen molar-refractivity contribution in [3.63, 3.8) is 0 Å². The van der Waals surface area contributed by atoms with Crippen molar-refractivity contribution in [2.75, 3.05) is 36.5 Å². The number of nitrogens with one attached hydrogen (secondary N) is 1. The van der Waals surface area contributed by atoms with Crippen LogP contribution in [0.3, 0.4) is 0 Å². The van der Waals surface area contributed by atoms with E-state index >= 15 is 0 Å². The van der Waals surface area contributed by atoms with Crippen molar-refractivity contribution in [1.29, 1.82) is 0 Å². The molecule has 1 aromatic heterocycles. The van der Waals surface area contributed by atoms with E-state index in [9.17, 15) is 4.79 Å². The molecule has 4 nitrogen and oxygen atoms in total. The van der Waals surface area contributed by atoms with Gasteiger partial charge in [0.2, 0.25) is 0 Å². The number of amides is 1. The van der Waals surface area contributed by atoms with Crippen LogP contribution in [0.2, 0.25) is 0 Å². The fourth-order valence-corrected chi connectivity index (χ4v) is 2.73. The number of thioether (sulfide) groups is 1. The van der Waals surface area contributed by atoms with Gasteiger partial charge in [-0.15, -0.1) is 0 Å². The summed E-state index contributed by atoms with van der Waals surface area (Å²) in [4.78, 5) is 18.4. The number of carbonyl (C=O) groups is 1. The minimum atomic E-state index is 0.102. The molecule has 1 N–H and O–H groups in total. The van der Waals surface area contributed by atoms with Gasteiger partial charge in [-0.2, -0.15) is 11.8 Å². The Balaban J connectivity index is 1.97. The Kier molecular flexibility index (Phi) is 4.87. The van der Waals surface area contributed by atoms with Crippen molar-refractivity contribution in [1.82, 2.24) is 9.88 Å². The monoisotopic (exact) mass is 265 g/mol. The number of carbonyl (C=O) groups excluding carboxylic acids is 1. The molecule has 1 aliphatic rings. The van der Waals surface area contributed by atoms with Crippen LogP contribution < -0.4 is 5.32 Å². The topological polar surface area (TPSA) is 45.2 Å². The first-order valence-electron chi connectivity index (χ1n) is 6.38. The fourth-order valence-electron chi connectivity index (χ4n) is 1.83. The van der Waals surface area contributed by atoms with Gasteiger partial charge in [0.05, 0.1) is 5.56 Å². The van der Waals surface area contributed by atoms with Gasteiger partial charge in [-0.25, -0.2) is 4.98 Å². The average molecular weight is 265 g/mol. The van der Waals surface area contributed by atoms with Gasteiger partial charge in [0, 0.05) is 37.3 Å². The van der Waals surface area contributed by atoms with E-state index < -0.39 is 0 Å². The molecule has 1 fully saturated rings. The Bertz CT molecular complexity index is 388. The molecule has 0 atom stereocenters. The zero-order valence-electron chi connectivity index (χ0n) is 10.7. The summed E-state index contributed by atoms with van der Waals surface area (Å²) in [5.41, 5.74) is 0.684. The van der Waals surface area contributed by atoms with Gasteiger partial charge in [0.25, 0.3) is 5.91 Å². The maximum Gasteiger partial charge on any atom is 0.255 e. The summed E-state index contributed by atoms with van der Waals surface area (Å²) < 4.78 is 0. The van der Waals surface area contributed by atoms with Crippen molar-refractivity contribution >= 4 is 23.5 Å². The number of anilines is 1. The van der Waals surface area contributed by atoms with Crippen molar-refractivity contribution in [3.8, 4) is 0 Å². The van der Waals surface area contributed by atoms with Gasteiger partial charge in [-0.3, -0.25) is 4.79 Å². The molecule has 0 aliphatic carbocycles. The van der Waals surface area contributed by atoms with Crippen LogP contribution in [0.25, 0.3) is 0 Å². The van der Waals surface area contributed by atoms with Crippen LogP contribution in [0, 0.1) is 0 Å². The molecule has 0 saturated carbocycles. The highest BCUT2D eigenvalue weighted by Gasteiger charge is 2.18. The van der Waals surface area contributed by atoms with E-state index in [1.807, 2.05) is 28.8 Å². The summed E-state index contributed by atoms with van der Waals surface area (Å²) in [6.45, 7) is 4.71. The van der Waals surface area contributed by atoms with Gasteiger partial charge in [-0.1, -0.05) is 6.92 Å². The van der Waals surface area contributed by atoms with Gasteiger partial charge < -0.3 is 10.2 Å². The molecule has 0 bridgehead atoms. The van der Waals surface area contributed by atoms with E-state index in [2.05, 4.69) is 17.2 Å². The van der Waals surface area contributed by atoms with Crippen LogP contribution in [0.4, 0.5) is 5.82 Å². The van der Waals surface area contributed by atoms with E-state index in [0.29, 0.717) is 5.56 Å². The van der Waals surface area contributed by atoms with Crippen molar-refractivity contribution < 1.29 is 4.79 Å². The maximum absolute atomic E-state index is 12.2. The lowest BCUT2D eigenvalue weighted by molar-refractivity contribution is 0.0772. The van der Waals surface area contributed by atoms with E-state index in [0.717, 1.165) is 43.4 Å². The minimum Gasteiger partial charge on any atom is -0.370 e. The standard InChI is InChI=1S/C13H19N3OS/c1-2-5-14-12-4-3-11(10-15-12)13(17)16-6-8-18-9-7-16/h3-4,10H,2,5-9H2,1H3,(H,14,15). The van der Waals surface area contributed by atoms with Crippen LogP contribution in [-0.4, -0.2) is 46.9 Å². The van der Waals surface area contributed by atoms with Crippen molar-refractivity contribution in [3.05, 3.63) is 23.9 Å². The second kappa shape index (κ2) is 6.64. The molecule has 98 valence electrons. The van der Waals surface area contributed by atoms with Crippen LogP contribution >= 0.6 is 11.8 Å². The molecule has 0 radical (unpaired) electrons. The fraction of sp³-hybridized carbons (Fsp3) is 0.538. The molecular formula is C13H19N3OS. The van der Waals surface area contributed by atoms with Crippen LogP contribution in [0.5, 0.6) is 0 Å². The van der Waals surface area contributed by atoms with E-state index in [1.165, 1.54) is 0 Å². The molecule has 1 saturated heterocycles. The van der Waals surface area contributed by atoms with Gasteiger partial charge >= 0.3 is 0 Å². The Labute approximate surface area is 112 Å². The Morgan fingerprint density at radius 1 is 1.44 bits per heavy atom. The summed E-state index contributed by atoms with van der Waals surface area (Å²) >= 11 is 1.90. The van der Waals surface area contributed by atoms with Crippen LogP contribution in [-0.2, 0) is 0 Å². The number of hydrogen-bond acceptors (Lipinski definition) is 4. The molecule has 2 rings (SSSR count). The van der Waals surface area contributed by atoms with Crippen molar-refractivity contribution in [2.45, 2.75) is 13.3 Å². The summed E-state index contributed by atoms with van der Waals surface area (Å²) in [6.07, 6.45) is 2.73. The summed E-state index contributed by atoms with van der Waals surface area (Å²) in [7, 11) is 0. The highest BCUT2D eigenvalue weighted by Crippen LogP contribution is 2.13. The molecule has 1 aromatic rings. The van der Waals surface area contributed by atoms with Crippen molar-refractivity contribution in [2.24, 2.45) is 0 Å². The normalized spacial score (nSPS) is 15.5. The second-order valence-corrected chi connectivity index (χ2v) is 5.49. The van der Waals surface area contributed by atoms with E-state index in [-0.39, 0.29) is 5.91 Å². The molecule has 18 heavy (non-hydrogen) atoms. The molecular weight excluding hydrogens is 246 g/mol. The SMILES string of the molecule is CCCNc1ccc(C(=O)N2CCSCC2)cn1. The third-order valence-corrected chi connectivity index (χ3v) is 3.81. The Morgan fingerprint density at radius 2 is 2.22 bits per heavy atom. The molecule has 0 spiro atoms. The summed E-state index contributed by atoms with van der Waals surface area (Å²) in [5.74, 6) is 3.01. The molecule has 0 unspecified atom stereocenters. The van der Waals surface area contributed by atoms with Gasteiger partial charge in [0.1, 0.15) is 5.82 Å². The number of aromatic nitrogens is 1. The first-order valence-corrected chi connectivity index (χ1v) is 7.53. The molecule has 1 amide bonds.